The molecule has 3 nitrogen and oxygen atoms in total. The first-order valence-corrected chi connectivity index (χ1v) is 4.25. The molecule has 4 heteroatoms. The van der Waals surface area contributed by atoms with Crippen LogP contribution in [0.25, 0.3) is 0 Å². The van der Waals surface area contributed by atoms with Crippen LogP contribution in [0.3, 0.4) is 0 Å². The maximum absolute atomic E-state index is 10.8. The van der Waals surface area contributed by atoms with Crippen molar-refractivity contribution < 1.29 is 9.90 Å². The highest BCUT2D eigenvalue weighted by atomic mass is 35.5. The molecule has 1 aromatic rings. The number of benzene rings is 1. The third kappa shape index (κ3) is 1.92. The average Bonchev–Trinajstić information content (AvgIpc) is 2.02. The second-order valence-electron chi connectivity index (χ2n) is 2.68. The Hall–Kier alpha value is -1.22. The zero-order valence-electron chi connectivity index (χ0n) is 7.17. The Morgan fingerprint density at radius 3 is 2.69 bits per heavy atom. The third-order valence-corrected chi connectivity index (χ3v) is 2.05. The van der Waals surface area contributed by atoms with Gasteiger partial charge in [-0.25, -0.2) is 4.79 Å². The van der Waals surface area contributed by atoms with E-state index in [1.54, 1.807) is 6.07 Å². The lowest BCUT2D eigenvalue weighted by molar-refractivity contribution is 0.0696. The van der Waals surface area contributed by atoms with Gasteiger partial charge in [-0.2, -0.15) is 0 Å². The van der Waals surface area contributed by atoms with Crippen molar-refractivity contribution >= 4 is 23.3 Å². The van der Waals surface area contributed by atoms with E-state index in [-0.39, 0.29) is 5.56 Å². The van der Waals surface area contributed by atoms with Gasteiger partial charge in [0.2, 0.25) is 0 Å². The van der Waals surface area contributed by atoms with E-state index in [1.165, 1.54) is 6.07 Å². The van der Waals surface area contributed by atoms with Crippen molar-refractivity contribution in [2.75, 3.05) is 5.73 Å². The summed E-state index contributed by atoms with van der Waals surface area (Å²) in [5.41, 5.74) is 6.88. The number of carboxylic acids is 1. The van der Waals surface area contributed by atoms with Crippen molar-refractivity contribution in [3.8, 4) is 0 Å². The van der Waals surface area contributed by atoms with Crippen LogP contribution in [0, 0.1) is 0 Å². The van der Waals surface area contributed by atoms with Gasteiger partial charge < -0.3 is 10.8 Å². The molecule has 1 rings (SSSR count). The molecular weight excluding hydrogens is 190 g/mol. The molecule has 0 bridgehead atoms. The molecule has 13 heavy (non-hydrogen) atoms. The molecule has 70 valence electrons. The molecular formula is C9H10ClNO2. The Morgan fingerprint density at radius 1 is 1.62 bits per heavy atom. The molecule has 0 unspecified atom stereocenters. The van der Waals surface area contributed by atoms with Gasteiger partial charge in [0.25, 0.3) is 0 Å². The predicted octanol–water partition coefficient (Wildman–Crippen LogP) is 2.18. The fraction of sp³-hybridized carbons (Fsp3) is 0.222. The lowest BCUT2D eigenvalue weighted by Gasteiger charge is -2.07. The summed E-state index contributed by atoms with van der Waals surface area (Å²) >= 11 is 5.68. The van der Waals surface area contributed by atoms with E-state index in [2.05, 4.69) is 0 Å². The quantitative estimate of drug-likeness (QED) is 0.718. The molecule has 0 heterocycles. The molecule has 0 radical (unpaired) electrons. The minimum absolute atomic E-state index is 0.188. The Kier molecular flexibility index (Phi) is 2.78. The van der Waals surface area contributed by atoms with Gasteiger partial charge in [0.15, 0.2) is 0 Å². The number of hydrogen-bond donors (Lipinski definition) is 2. The number of carbonyl (C=O) groups is 1. The lowest BCUT2D eigenvalue weighted by Crippen LogP contribution is -2.05. The van der Waals surface area contributed by atoms with E-state index in [0.29, 0.717) is 22.7 Å². The molecule has 0 aliphatic heterocycles. The fourth-order valence-corrected chi connectivity index (χ4v) is 1.47. The molecule has 0 aliphatic rings. The van der Waals surface area contributed by atoms with Crippen LogP contribution in [0.15, 0.2) is 12.1 Å². The molecule has 0 fully saturated rings. The standard InChI is InChI=1S/C9H10ClNO2/c1-2-6-7(9(12)13)3-5(10)4-8(6)11/h3-4H,2,11H2,1H3,(H,12,13). The van der Waals surface area contributed by atoms with Crippen molar-refractivity contribution in [2.45, 2.75) is 13.3 Å². The Labute approximate surface area is 81.1 Å². The minimum Gasteiger partial charge on any atom is -0.478 e. The lowest BCUT2D eigenvalue weighted by atomic mass is 10.0. The maximum atomic E-state index is 10.8. The number of carboxylic acid groups (broad SMARTS) is 1. The van der Waals surface area contributed by atoms with Crippen LogP contribution in [0.4, 0.5) is 5.69 Å². The van der Waals surface area contributed by atoms with Gasteiger partial charge in [0.1, 0.15) is 0 Å². The van der Waals surface area contributed by atoms with E-state index in [9.17, 15) is 4.79 Å². The summed E-state index contributed by atoms with van der Waals surface area (Å²) in [7, 11) is 0. The highest BCUT2D eigenvalue weighted by Gasteiger charge is 2.12. The first-order valence-electron chi connectivity index (χ1n) is 3.87. The topological polar surface area (TPSA) is 63.3 Å². The maximum Gasteiger partial charge on any atom is 0.336 e. The third-order valence-electron chi connectivity index (χ3n) is 1.83. The summed E-state index contributed by atoms with van der Waals surface area (Å²) in [6.07, 6.45) is 0.588. The number of nitrogen functional groups attached to an aromatic ring is 1. The van der Waals surface area contributed by atoms with E-state index in [0.717, 1.165) is 0 Å². The van der Waals surface area contributed by atoms with Crippen molar-refractivity contribution in [3.63, 3.8) is 0 Å². The number of halogens is 1. The first kappa shape index (κ1) is 9.86. The highest BCUT2D eigenvalue weighted by molar-refractivity contribution is 6.31. The van der Waals surface area contributed by atoms with Crippen molar-refractivity contribution in [1.29, 1.82) is 0 Å². The van der Waals surface area contributed by atoms with Gasteiger partial charge in [-0.1, -0.05) is 18.5 Å². The SMILES string of the molecule is CCc1c(N)cc(Cl)cc1C(=O)O. The Balaban J connectivity index is 3.38. The summed E-state index contributed by atoms with van der Waals surface area (Å²) in [6, 6.07) is 2.98. The molecule has 0 aliphatic carbocycles. The summed E-state index contributed by atoms with van der Waals surface area (Å²) in [5.74, 6) is -0.994. The average molecular weight is 200 g/mol. The van der Waals surface area contributed by atoms with Gasteiger partial charge in [-0.3, -0.25) is 0 Å². The van der Waals surface area contributed by atoms with Gasteiger partial charge >= 0.3 is 5.97 Å². The number of aromatic carboxylic acids is 1. The highest BCUT2D eigenvalue weighted by Crippen LogP contribution is 2.23. The molecule has 0 saturated heterocycles. The van der Waals surface area contributed by atoms with Gasteiger partial charge in [0.05, 0.1) is 5.56 Å². The first-order chi connectivity index (χ1) is 6.06. The van der Waals surface area contributed by atoms with Crippen LogP contribution >= 0.6 is 11.6 Å². The summed E-state index contributed by atoms with van der Waals surface area (Å²) in [6.45, 7) is 1.85. The molecule has 0 amide bonds. The predicted molar refractivity (Wildman–Crippen MR) is 52.2 cm³/mol. The van der Waals surface area contributed by atoms with Crippen LogP contribution in [-0.4, -0.2) is 11.1 Å². The number of rotatable bonds is 2. The summed E-state index contributed by atoms with van der Waals surface area (Å²) in [4.78, 5) is 10.8. The van der Waals surface area contributed by atoms with E-state index < -0.39 is 5.97 Å². The number of anilines is 1. The van der Waals surface area contributed by atoms with E-state index in [4.69, 9.17) is 22.4 Å². The second-order valence-corrected chi connectivity index (χ2v) is 3.12. The minimum atomic E-state index is -0.994. The van der Waals surface area contributed by atoms with Gasteiger partial charge in [-0.05, 0) is 24.1 Å². The van der Waals surface area contributed by atoms with Crippen molar-refractivity contribution in [1.82, 2.24) is 0 Å². The fourth-order valence-electron chi connectivity index (χ4n) is 1.24. The van der Waals surface area contributed by atoms with Crippen LogP contribution in [0.2, 0.25) is 5.02 Å². The molecule has 3 N–H and O–H groups in total. The largest absolute Gasteiger partial charge is 0.478 e. The normalized spacial score (nSPS) is 10.0. The number of nitrogens with two attached hydrogens (primary N) is 1. The second kappa shape index (κ2) is 3.66. The zero-order chi connectivity index (χ0) is 10.0. The molecule has 1 aromatic carbocycles. The smallest absolute Gasteiger partial charge is 0.336 e. The molecule has 0 aromatic heterocycles. The van der Waals surface area contributed by atoms with Crippen molar-refractivity contribution in [3.05, 3.63) is 28.3 Å². The van der Waals surface area contributed by atoms with Crippen LogP contribution in [0.5, 0.6) is 0 Å². The summed E-state index contributed by atoms with van der Waals surface area (Å²) < 4.78 is 0. The summed E-state index contributed by atoms with van der Waals surface area (Å²) in [5, 5.41) is 9.19. The Bertz CT molecular complexity index is 350. The molecule has 0 spiro atoms. The van der Waals surface area contributed by atoms with Crippen LogP contribution in [-0.2, 0) is 6.42 Å². The number of hydrogen-bond acceptors (Lipinski definition) is 2. The van der Waals surface area contributed by atoms with E-state index in [1.807, 2.05) is 6.92 Å². The monoisotopic (exact) mass is 199 g/mol. The molecule has 0 atom stereocenters. The van der Waals surface area contributed by atoms with Crippen LogP contribution < -0.4 is 5.73 Å². The zero-order valence-corrected chi connectivity index (χ0v) is 7.93. The van der Waals surface area contributed by atoms with E-state index >= 15 is 0 Å². The molecule has 0 saturated carbocycles. The van der Waals surface area contributed by atoms with Gasteiger partial charge in [0, 0.05) is 10.7 Å². The van der Waals surface area contributed by atoms with Crippen LogP contribution in [0.1, 0.15) is 22.8 Å². The Morgan fingerprint density at radius 2 is 2.23 bits per heavy atom. The van der Waals surface area contributed by atoms with Gasteiger partial charge in [-0.15, -0.1) is 0 Å². The van der Waals surface area contributed by atoms with Crippen molar-refractivity contribution in [2.24, 2.45) is 0 Å².